The highest BCUT2D eigenvalue weighted by molar-refractivity contribution is 5.86. The van der Waals surface area contributed by atoms with E-state index in [1.807, 2.05) is 50.2 Å². The fraction of sp³-hybridized carbons (Fsp3) is 0.462. The van der Waals surface area contributed by atoms with Gasteiger partial charge in [-0.3, -0.25) is 4.79 Å². The Morgan fingerprint density at radius 3 is 2.15 bits per heavy atom. The van der Waals surface area contributed by atoms with E-state index in [9.17, 15) is 9.59 Å². The number of amides is 2. The van der Waals surface area contributed by atoms with Crippen molar-refractivity contribution in [1.29, 1.82) is 0 Å². The minimum Gasteiger partial charge on any atom is -0.493 e. The van der Waals surface area contributed by atoms with E-state index in [1.165, 1.54) is 0 Å². The van der Waals surface area contributed by atoms with Crippen LogP contribution in [-0.4, -0.2) is 45.0 Å². The van der Waals surface area contributed by atoms with Gasteiger partial charge in [0.2, 0.25) is 5.91 Å². The molecule has 0 heterocycles. The summed E-state index contributed by atoms with van der Waals surface area (Å²) in [6.07, 6.45) is -0.923. The van der Waals surface area contributed by atoms with Crippen LogP contribution >= 0.6 is 0 Å². The third-order valence-electron chi connectivity index (χ3n) is 5.09. The van der Waals surface area contributed by atoms with Crippen molar-refractivity contribution in [2.75, 3.05) is 20.8 Å². The molecule has 0 spiro atoms. The van der Waals surface area contributed by atoms with Crippen LogP contribution in [0, 0.1) is 5.92 Å². The largest absolute Gasteiger partial charge is 0.493 e. The molecule has 0 fully saturated rings. The quantitative estimate of drug-likeness (QED) is 0.480. The fourth-order valence-corrected chi connectivity index (χ4v) is 3.33. The third kappa shape index (κ3) is 8.26. The van der Waals surface area contributed by atoms with Crippen LogP contribution in [-0.2, 0) is 20.9 Å². The number of rotatable bonds is 12. The Balaban J connectivity index is 2.21. The molecule has 0 aliphatic carbocycles. The zero-order valence-electron chi connectivity index (χ0n) is 20.8. The number of carbonyl (C=O) groups is 2. The van der Waals surface area contributed by atoms with Crippen molar-refractivity contribution in [3.05, 3.63) is 59.7 Å². The molecule has 0 aliphatic heterocycles. The number of alkyl carbamates (subject to hydrolysis) is 1. The second kappa shape index (κ2) is 13.4. The second-order valence-electron chi connectivity index (χ2n) is 8.50. The van der Waals surface area contributed by atoms with E-state index in [-0.39, 0.29) is 24.5 Å². The molecule has 2 unspecified atom stereocenters. The standard InChI is InChI=1S/C26H36N2O6/c1-17(2)24(28-26(30)34-18(3)4)25(29)27-21(16-33-15-19-10-8-7-9-11-19)20-12-13-22(31-5)23(14-20)32-6/h7-14,17-18,21,24H,15-16H2,1-6H3,(H,27,29)(H,28,30). The zero-order chi connectivity index (χ0) is 25.1. The number of carbonyl (C=O) groups excluding carboxylic acids is 2. The second-order valence-corrected chi connectivity index (χ2v) is 8.50. The highest BCUT2D eigenvalue weighted by atomic mass is 16.6. The van der Waals surface area contributed by atoms with E-state index in [2.05, 4.69) is 10.6 Å². The molecule has 0 aliphatic rings. The van der Waals surface area contributed by atoms with Crippen molar-refractivity contribution in [2.24, 2.45) is 5.92 Å². The van der Waals surface area contributed by atoms with Gasteiger partial charge >= 0.3 is 6.09 Å². The lowest BCUT2D eigenvalue weighted by molar-refractivity contribution is -0.125. The molecule has 2 rings (SSSR count). The average Bonchev–Trinajstić information content (AvgIpc) is 2.81. The van der Waals surface area contributed by atoms with E-state index < -0.39 is 18.2 Å². The Bertz CT molecular complexity index is 917. The van der Waals surface area contributed by atoms with E-state index in [1.54, 1.807) is 40.2 Å². The van der Waals surface area contributed by atoms with E-state index >= 15 is 0 Å². The summed E-state index contributed by atoms with van der Waals surface area (Å²) < 4.78 is 21.9. The molecule has 2 amide bonds. The summed E-state index contributed by atoms with van der Waals surface area (Å²) >= 11 is 0. The minimum atomic E-state index is -0.775. The van der Waals surface area contributed by atoms with Crippen LogP contribution in [0.4, 0.5) is 4.79 Å². The first-order valence-electron chi connectivity index (χ1n) is 11.4. The maximum absolute atomic E-state index is 13.2. The van der Waals surface area contributed by atoms with Gasteiger partial charge in [0, 0.05) is 0 Å². The number of methoxy groups -OCH3 is 2. The van der Waals surface area contributed by atoms with Crippen molar-refractivity contribution in [3.63, 3.8) is 0 Å². The first-order chi connectivity index (χ1) is 16.2. The zero-order valence-corrected chi connectivity index (χ0v) is 20.8. The maximum atomic E-state index is 13.2. The predicted octanol–water partition coefficient (Wildman–Crippen LogP) is 4.24. The predicted molar refractivity (Wildman–Crippen MR) is 130 cm³/mol. The Kier molecular flexibility index (Phi) is 10.7. The van der Waals surface area contributed by atoms with Crippen molar-refractivity contribution >= 4 is 12.0 Å². The fourth-order valence-electron chi connectivity index (χ4n) is 3.33. The molecule has 2 aromatic carbocycles. The number of ether oxygens (including phenoxy) is 4. The summed E-state index contributed by atoms with van der Waals surface area (Å²) in [5.41, 5.74) is 1.81. The molecular weight excluding hydrogens is 436 g/mol. The van der Waals surface area contributed by atoms with Gasteiger partial charge in [0.05, 0.1) is 39.6 Å². The van der Waals surface area contributed by atoms with Gasteiger partial charge in [-0.05, 0) is 43.0 Å². The van der Waals surface area contributed by atoms with Crippen LogP contribution in [0.25, 0.3) is 0 Å². The number of nitrogens with one attached hydrogen (secondary N) is 2. The summed E-state index contributed by atoms with van der Waals surface area (Å²) in [5, 5.41) is 5.69. The lowest BCUT2D eigenvalue weighted by Crippen LogP contribution is -2.51. The molecule has 0 saturated heterocycles. The van der Waals surface area contributed by atoms with Gasteiger partial charge in [-0.25, -0.2) is 4.79 Å². The van der Waals surface area contributed by atoms with Crippen LogP contribution in [0.3, 0.4) is 0 Å². The number of benzene rings is 2. The van der Waals surface area contributed by atoms with Gasteiger partial charge in [-0.1, -0.05) is 50.2 Å². The van der Waals surface area contributed by atoms with E-state index in [0.29, 0.717) is 18.1 Å². The lowest BCUT2D eigenvalue weighted by atomic mass is 10.0. The SMILES string of the molecule is COc1ccc(C(COCc2ccccc2)NC(=O)C(NC(=O)OC(C)C)C(C)C)cc1OC. The summed E-state index contributed by atoms with van der Waals surface area (Å²) in [6.45, 7) is 7.83. The lowest BCUT2D eigenvalue weighted by Gasteiger charge is -2.26. The Labute approximate surface area is 201 Å². The smallest absolute Gasteiger partial charge is 0.408 e. The Morgan fingerprint density at radius 1 is 0.882 bits per heavy atom. The maximum Gasteiger partial charge on any atom is 0.408 e. The molecule has 2 aromatic rings. The molecule has 0 radical (unpaired) electrons. The molecule has 2 N–H and O–H groups in total. The molecule has 8 heteroatoms. The van der Waals surface area contributed by atoms with E-state index in [4.69, 9.17) is 18.9 Å². The number of hydrogen-bond acceptors (Lipinski definition) is 6. The van der Waals surface area contributed by atoms with Crippen LogP contribution in [0.2, 0.25) is 0 Å². The van der Waals surface area contributed by atoms with Crippen molar-refractivity contribution in [1.82, 2.24) is 10.6 Å². The van der Waals surface area contributed by atoms with Gasteiger partial charge in [0.15, 0.2) is 11.5 Å². The van der Waals surface area contributed by atoms with Crippen LogP contribution in [0.15, 0.2) is 48.5 Å². The first-order valence-corrected chi connectivity index (χ1v) is 11.4. The monoisotopic (exact) mass is 472 g/mol. The highest BCUT2D eigenvalue weighted by Gasteiger charge is 2.28. The van der Waals surface area contributed by atoms with Gasteiger partial charge in [0.25, 0.3) is 0 Å². The first kappa shape index (κ1) is 27.0. The minimum absolute atomic E-state index is 0.156. The van der Waals surface area contributed by atoms with Crippen molar-refractivity contribution in [2.45, 2.75) is 52.5 Å². The van der Waals surface area contributed by atoms with Gasteiger partial charge in [0.1, 0.15) is 6.04 Å². The summed E-state index contributed by atoms with van der Waals surface area (Å²) in [7, 11) is 3.12. The molecule has 0 aromatic heterocycles. The van der Waals surface area contributed by atoms with Crippen molar-refractivity contribution in [3.8, 4) is 11.5 Å². The summed E-state index contributed by atoms with van der Waals surface area (Å²) in [4.78, 5) is 25.4. The Morgan fingerprint density at radius 2 is 1.56 bits per heavy atom. The van der Waals surface area contributed by atoms with Crippen LogP contribution in [0.1, 0.15) is 44.9 Å². The third-order valence-corrected chi connectivity index (χ3v) is 5.09. The molecule has 0 bridgehead atoms. The molecule has 34 heavy (non-hydrogen) atoms. The van der Waals surface area contributed by atoms with Crippen LogP contribution < -0.4 is 20.1 Å². The van der Waals surface area contributed by atoms with Crippen LogP contribution in [0.5, 0.6) is 11.5 Å². The molecule has 8 nitrogen and oxygen atoms in total. The van der Waals surface area contributed by atoms with Gasteiger partial charge < -0.3 is 29.6 Å². The Hall–Kier alpha value is -3.26. The topological polar surface area (TPSA) is 95.1 Å². The van der Waals surface area contributed by atoms with Gasteiger partial charge in [-0.2, -0.15) is 0 Å². The summed E-state index contributed by atoms with van der Waals surface area (Å²) in [5.74, 6) is 0.635. The molecule has 2 atom stereocenters. The average molecular weight is 473 g/mol. The normalized spacial score (nSPS) is 12.7. The molecular formula is C26H36N2O6. The molecule has 186 valence electrons. The highest BCUT2D eigenvalue weighted by Crippen LogP contribution is 2.30. The number of hydrogen-bond donors (Lipinski definition) is 2. The summed E-state index contributed by atoms with van der Waals surface area (Å²) in [6, 6.07) is 14.0. The van der Waals surface area contributed by atoms with Crippen molar-refractivity contribution < 1.29 is 28.5 Å². The van der Waals surface area contributed by atoms with Gasteiger partial charge in [-0.15, -0.1) is 0 Å². The van der Waals surface area contributed by atoms with E-state index in [0.717, 1.165) is 11.1 Å². The molecule has 0 saturated carbocycles.